The lowest BCUT2D eigenvalue weighted by Gasteiger charge is -2.11. The summed E-state index contributed by atoms with van der Waals surface area (Å²) in [4.78, 5) is 4.85. The molecule has 3 rings (SSSR count). The molecule has 0 saturated heterocycles. The minimum Gasteiger partial charge on any atom is -0.370 e. The van der Waals surface area contributed by atoms with E-state index in [1.54, 1.807) is 0 Å². The van der Waals surface area contributed by atoms with Crippen LogP contribution < -0.4 is 5.32 Å². The second-order valence-corrected chi connectivity index (χ2v) is 5.34. The van der Waals surface area contributed by atoms with E-state index in [-0.39, 0.29) is 0 Å². The van der Waals surface area contributed by atoms with Crippen LogP contribution in [0.1, 0.15) is 23.6 Å². The predicted molar refractivity (Wildman–Crippen MR) is 89.9 cm³/mol. The van der Waals surface area contributed by atoms with Crippen molar-refractivity contribution in [3.05, 3.63) is 71.3 Å². The van der Waals surface area contributed by atoms with Gasteiger partial charge >= 0.3 is 0 Å². The maximum absolute atomic E-state index is 4.85. The first-order chi connectivity index (χ1) is 10.3. The van der Waals surface area contributed by atoms with Gasteiger partial charge in [-0.3, -0.25) is 0 Å². The van der Waals surface area contributed by atoms with Crippen LogP contribution in [-0.2, 0) is 6.42 Å². The summed E-state index contributed by atoms with van der Waals surface area (Å²) < 4.78 is 0. The second-order valence-electron chi connectivity index (χ2n) is 5.34. The molecular weight excluding hydrogens is 256 g/mol. The predicted octanol–water partition coefficient (Wildman–Crippen LogP) is 4.57. The molecule has 21 heavy (non-hydrogen) atoms. The van der Waals surface area contributed by atoms with Gasteiger partial charge in [-0.25, -0.2) is 4.98 Å². The number of benzene rings is 2. The molecular formula is C19H20N2. The zero-order valence-corrected chi connectivity index (χ0v) is 12.6. The number of aromatic nitrogens is 1. The molecule has 0 aliphatic rings. The van der Waals surface area contributed by atoms with Crippen molar-refractivity contribution in [3.8, 4) is 0 Å². The number of pyridine rings is 1. The number of hydrogen-bond acceptors (Lipinski definition) is 2. The van der Waals surface area contributed by atoms with Gasteiger partial charge in [0.2, 0.25) is 0 Å². The molecule has 1 aromatic heterocycles. The number of fused-ring (bicyclic) bond motifs is 1. The summed E-state index contributed by atoms with van der Waals surface area (Å²) >= 11 is 0. The standard InChI is InChI=1S/C19H20N2/c1-3-20-19-14(2)12-16-10-7-11-17(18(16)21-19)13-15-8-5-4-6-9-15/h4-12H,3,13H2,1-2H3,(H,20,21). The Bertz CT molecular complexity index is 748. The van der Waals surface area contributed by atoms with Crippen molar-refractivity contribution in [2.75, 3.05) is 11.9 Å². The van der Waals surface area contributed by atoms with Crippen LogP contribution in [-0.4, -0.2) is 11.5 Å². The highest BCUT2D eigenvalue weighted by molar-refractivity contribution is 5.84. The maximum atomic E-state index is 4.85. The van der Waals surface area contributed by atoms with Gasteiger partial charge in [0, 0.05) is 11.9 Å². The first-order valence-electron chi connectivity index (χ1n) is 7.45. The summed E-state index contributed by atoms with van der Waals surface area (Å²) in [5.41, 5.74) is 4.89. The summed E-state index contributed by atoms with van der Waals surface area (Å²) in [5, 5.41) is 4.56. The number of para-hydroxylation sites is 1. The van der Waals surface area contributed by atoms with Crippen molar-refractivity contribution in [3.63, 3.8) is 0 Å². The normalized spacial score (nSPS) is 10.8. The van der Waals surface area contributed by atoms with E-state index in [9.17, 15) is 0 Å². The summed E-state index contributed by atoms with van der Waals surface area (Å²) in [6.07, 6.45) is 0.916. The largest absolute Gasteiger partial charge is 0.370 e. The molecule has 0 spiro atoms. The third-order valence-corrected chi connectivity index (χ3v) is 3.70. The van der Waals surface area contributed by atoms with Crippen LogP contribution in [0.2, 0.25) is 0 Å². The van der Waals surface area contributed by atoms with E-state index in [2.05, 4.69) is 73.8 Å². The molecule has 0 fully saturated rings. The molecule has 1 N–H and O–H groups in total. The van der Waals surface area contributed by atoms with E-state index in [1.165, 1.54) is 22.1 Å². The monoisotopic (exact) mass is 276 g/mol. The average Bonchev–Trinajstić information content (AvgIpc) is 2.50. The Hall–Kier alpha value is -2.35. The Kier molecular flexibility index (Phi) is 3.87. The van der Waals surface area contributed by atoms with E-state index in [0.717, 1.165) is 24.3 Å². The lowest BCUT2D eigenvalue weighted by molar-refractivity contribution is 1.14. The first kappa shape index (κ1) is 13.6. The topological polar surface area (TPSA) is 24.9 Å². The zero-order valence-electron chi connectivity index (χ0n) is 12.6. The van der Waals surface area contributed by atoms with E-state index in [1.807, 2.05) is 0 Å². The van der Waals surface area contributed by atoms with Crippen molar-refractivity contribution in [2.24, 2.45) is 0 Å². The number of hydrogen-bond donors (Lipinski definition) is 1. The third-order valence-electron chi connectivity index (χ3n) is 3.70. The van der Waals surface area contributed by atoms with Crippen molar-refractivity contribution >= 4 is 16.7 Å². The number of nitrogens with one attached hydrogen (secondary N) is 1. The number of nitrogens with zero attached hydrogens (tertiary/aromatic N) is 1. The van der Waals surface area contributed by atoms with Crippen LogP contribution in [0.3, 0.4) is 0 Å². The highest BCUT2D eigenvalue weighted by Crippen LogP contribution is 2.24. The minimum absolute atomic E-state index is 0.889. The Morgan fingerprint density at radius 1 is 1.00 bits per heavy atom. The molecule has 0 aliphatic heterocycles. The molecule has 3 aromatic rings. The molecule has 0 amide bonds. The smallest absolute Gasteiger partial charge is 0.129 e. The fourth-order valence-corrected chi connectivity index (χ4v) is 2.67. The number of aryl methyl sites for hydroxylation is 1. The van der Waals surface area contributed by atoms with Gasteiger partial charge in [-0.2, -0.15) is 0 Å². The highest BCUT2D eigenvalue weighted by Gasteiger charge is 2.07. The highest BCUT2D eigenvalue weighted by atomic mass is 15.0. The van der Waals surface area contributed by atoms with Crippen LogP contribution in [0.25, 0.3) is 10.9 Å². The molecule has 0 aliphatic carbocycles. The van der Waals surface area contributed by atoms with Crippen LogP contribution in [0.15, 0.2) is 54.6 Å². The van der Waals surface area contributed by atoms with Crippen LogP contribution >= 0.6 is 0 Å². The van der Waals surface area contributed by atoms with Crippen molar-refractivity contribution < 1.29 is 0 Å². The van der Waals surface area contributed by atoms with Crippen LogP contribution in [0.5, 0.6) is 0 Å². The van der Waals surface area contributed by atoms with E-state index in [0.29, 0.717) is 0 Å². The van der Waals surface area contributed by atoms with E-state index in [4.69, 9.17) is 4.98 Å². The van der Waals surface area contributed by atoms with Gasteiger partial charge in [-0.05, 0) is 43.0 Å². The Morgan fingerprint density at radius 2 is 1.81 bits per heavy atom. The molecule has 106 valence electrons. The van der Waals surface area contributed by atoms with Crippen LogP contribution in [0, 0.1) is 6.92 Å². The van der Waals surface area contributed by atoms with Gasteiger partial charge in [0.1, 0.15) is 5.82 Å². The first-order valence-corrected chi connectivity index (χ1v) is 7.45. The maximum Gasteiger partial charge on any atom is 0.129 e. The van der Waals surface area contributed by atoms with Gasteiger partial charge in [-0.1, -0.05) is 48.5 Å². The van der Waals surface area contributed by atoms with Crippen molar-refractivity contribution in [2.45, 2.75) is 20.3 Å². The van der Waals surface area contributed by atoms with E-state index < -0.39 is 0 Å². The molecule has 2 aromatic carbocycles. The van der Waals surface area contributed by atoms with Crippen LogP contribution in [0.4, 0.5) is 5.82 Å². The third kappa shape index (κ3) is 2.89. The fourth-order valence-electron chi connectivity index (χ4n) is 2.67. The second kappa shape index (κ2) is 5.96. The number of anilines is 1. The SMILES string of the molecule is CCNc1nc2c(Cc3ccccc3)cccc2cc1C. The summed E-state index contributed by atoms with van der Waals surface area (Å²) in [5.74, 6) is 0.991. The lowest BCUT2D eigenvalue weighted by atomic mass is 10.0. The summed E-state index contributed by atoms with van der Waals surface area (Å²) in [6.45, 7) is 5.09. The van der Waals surface area contributed by atoms with Gasteiger partial charge < -0.3 is 5.32 Å². The molecule has 0 atom stereocenters. The molecule has 0 unspecified atom stereocenters. The van der Waals surface area contributed by atoms with Crippen molar-refractivity contribution in [1.82, 2.24) is 4.98 Å². The van der Waals surface area contributed by atoms with Crippen molar-refractivity contribution in [1.29, 1.82) is 0 Å². The Morgan fingerprint density at radius 3 is 2.57 bits per heavy atom. The summed E-state index contributed by atoms with van der Waals surface area (Å²) in [7, 11) is 0. The van der Waals surface area contributed by atoms with E-state index >= 15 is 0 Å². The molecule has 0 bridgehead atoms. The molecule has 1 heterocycles. The Labute approximate surface area is 125 Å². The Balaban J connectivity index is 2.07. The molecule has 2 heteroatoms. The van der Waals surface area contributed by atoms with Gasteiger partial charge in [0.25, 0.3) is 0 Å². The number of rotatable bonds is 4. The minimum atomic E-state index is 0.889. The van der Waals surface area contributed by atoms with Gasteiger partial charge in [0.15, 0.2) is 0 Å². The molecule has 2 nitrogen and oxygen atoms in total. The zero-order chi connectivity index (χ0) is 14.7. The molecule has 0 radical (unpaired) electrons. The molecule has 0 saturated carbocycles. The lowest BCUT2D eigenvalue weighted by Crippen LogP contribution is -2.03. The fraction of sp³-hybridized carbons (Fsp3) is 0.211. The van der Waals surface area contributed by atoms with Gasteiger partial charge in [0.05, 0.1) is 5.52 Å². The van der Waals surface area contributed by atoms with Gasteiger partial charge in [-0.15, -0.1) is 0 Å². The average molecular weight is 276 g/mol. The quantitative estimate of drug-likeness (QED) is 0.755. The summed E-state index contributed by atoms with van der Waals surface area (Å²) in [6, 6.07) is 19.2.